The largest absolute Gasteiger partial charge is 0.354 e. The number of carbonyl (C=O) groups excluding carboxylic acids is 1. The van der Waals surface area contributed by atoms with Crippen molar-refractivity contribution in [2.24, 2.45) is 0 Å². The fourth-order valence-corrected chi connectivity index (χ4v) is 3.00. The first-order valence-corrected chi connectivity index (χ1v) is 9.57. The molecule has 0 aliphatic carbocycles. The van der Waals surface area contributed by atoms with Crippen LogP contribution in [0.5, 0.6) is 0 Å². The first-order chi connectivity index (χ1) is 13.9. The highest BCUT2D eigenvalue weighted by molar-refractivity contribution is 6.30. The molecule has 2 aromatic carbocycles. The maximum Gasteiger partial charge on any atom is 0.227 e. The van der Waals surface area contributed by atoms with Gasteiger partial charge in [-0.25, -0.2) is 4.39 Å². The molecular weight excluding hydrogens is 395 g/mol. The monoisotopic (exact) mass is 416 g/mol. The van der Waals surface area contributed by atoms with E-state index in [0.717, 1.165) is 11.1 Å². The first kappa shape index (κ1) is 21.0. The maximum atomic E-state index is 13.1. The van der Waals surface area contributed by atoms with Gasteiger partial charge in [-0.15, -0.1) is 0 Å². The van der Waals surface area contributed by atoms with Crippen molar-refractivity contribution in [1.29, 1.82) is 0 Å². The smallest absolute Gasteiger partial charge is 0.227 e. The Morgan fingerprint density at radius 3 is 2.52 bits per heavy atom. The average molecular weight is 417 g/mol. The molecule has 0 fully saturated rings. The topological polar surface area (TPSA) is 71.3 Å². The lowest BCUT2D eigenvalue weighted by atomic mass is 10.1. The van der Waals surface area contributed by atoms with Crippen LogP contribution in [0.4, 0.5) is 4.39 Å². The fourth-order valence-electron chi connectivity index (χ4n) is 2.88. The first-order valence-electron chi connectivity index (χ1n) is 9.19. The van der Waals surface area contributed by atoms with Crippen LogP contribution in [0, 0.1) is 5.82 Å². The average Bonchev–Trinajstić information content (AvgIpc) is 3.17. The number of likely N-dealkylation sites (N-methyl/N-ethyl adjacent to an activating group) is 1. The number of hydrogen-bond acceptors (Lipinski definition) is 5. The minimum atomic E-state index is -0.284. The van der Waals surface area contributed by atoms with Gasteiger partial charge in [-0.05, 0) is 56.1 Å². The van der Waals surface area contributed by atoms with Crippen LogP contribution in [0.15, 0.2) is 53.1 Å². The van der Waals surface area contributed by atoms with Crippen molar-refractivity contribution in [3.63, 3.8) is 0 Å². The van der Waals surface area contributed by atoms with Gasteiger partial charge in [-0.3, -0.25) is 4.79 Å². The number of carbonyl (C=O) groups is 1. The number of amides is 1. The SMILES string of the molecule is CN(C)C(CNC(=O)CCc1nc(-c2ccc(Cl)cc2)no1)c1ccc(F)cc1. The summed E-state index contributed by atoms with van der Waals surface area (Å²) in [6.45, 7) is 0.414. The number of hydrogen-bond donors (Lipinski definition) is 1. The van der Waals surface area contributed by atoms with Crippen LogP contribution >= 0.6 is 11.6 Å². The molecule has 0 saturated carbocycles. The maximum absolute atomic E-state index is 13.1. The summed E-state index contributed by atoms with van der Waals surface area (Å²) in [4.78, 5) is 18.5. The highest BCUT2D eigenvalue weighted by Gasteiger charge is 2.16. The number of nitrogens with zero attached hydrogens (tertiary/aromatic N) is 3. The molecule has 3 aromatic rings. The quantitative estimate of drug-likeness (QED) is 0.603. The second-order valence-corrected chi connectivity index (χ2v) is 7.29. The van der Waals surface area contributed by atoms with E-state index in [1.165, 1.54) is 12.1 Å². The third kappa shape index (κ3) is 5.85. The molecule has 0 saturated heterocycles. The van der Waals surface area contributed by atoms with E-state index in [9.17, 15) is 9.18 Å². The van der Waals surface area contributed by atoms with Gasteiger partial charge in [-0.2, -0.15) is 4.98 Å². The highest BCUT2D eigenvalue weighted by atomic mass is 35.5. The van der Waals surface area contributed by atoms with Crippen molar-refractivity contribution in [2.45, 2.75) is 18.9 Å². The molecule has 3 rings (SSSR count). The predicted molar refractivity (Wildman–Crippen MR) is 109 cm³/mol. The second-order valence-electron chi connectivity index (χ2n) is 6.85. The van der Waals surface area contributed by atoms with Crippen LogP contribution in [0.3, 0.4) is 0 Å². The zero-order valence-electron chi connectivity index (χ0n) is 16.2. The van der Waals surface area contributed by atoms with Crippen LogP contribution < -0.4 is 5.32 Å². The van der Waals surface area contributed by atoms with Gasteiger partial charge in [0.2, 0.25) is 17.6 Å². The summed E-state index contributed by atoms with van der Waals surface area (Å²) in [5.41, 5.74) is 1.73. The molecule has 0 aliphatic rings. The normalized spacial score (nSPS) is 12.2. The van der Waals surface area contributed by atoms with Crippen molar-refractivity contribution in [1.82, 2.24) is 20.4 Å². The summed E-state index contributed by atoms with van der Waals surface area (Å²) < 4.78 is 18.4. The van der Waals surface area contributed by atoms with Crippen LogP contribution in [0.1, 0.15) is 23.9 Å². The molecule has 29 heavy (non-hydrogen) atoms. The van der Waals surface area contributed by atoms with E-state index in [1.54, 1.807) is 36.4 Å². The van der Waals surface area contributed by atoms with E-state index in [2.05, 4.69) is 15.5 Å². The molecule has 8 heteroatoms. The summed E-state index contributed by atoms with van der Waals surface area (Å²) >= 11 is 5.88. The Hall–Kier alpha value is -2.77. The highest BCUT2D eigenvalue weighted by Crippen LogP contribution is 2.20. The lowest BCUT2D eigenvalue weighted by molar-refractivity contribution is -0.121. The van der Waals surface area contributed by atoms with Gasteiger partial charge in [-0.1, -0.05) is 28.9 Å². The van der Waals surface area contributed by atoms with Crippen molar-refractivity contribution in [3.05, 3.63) is 70.8 Å². The molecule has 0 bridgehead atoms. The van der Waals surface area contributed by atoms with E-state index in [4.69, 9.17) is 16.1 Å². The minimum Gasteiger partial charge on any atom is -0.354 e. The summed E-state index contributed by atoms with van der Waals surface area (Å²) in [6.07, 6.45) is 0.571. The molecule has 1 amide bonds. The Kier molecular flexibility index (Phi) is 6.95. The molecule has 1 atom stereocenters. The number of aromatic nitrogens is 2. The van der Waals surface area contributed by atoms with Gasteiger partial charge in [0.25, 0.3) is 0 Å². The van der Waals surface area contributed by atoms with Gasteiger partial charge < -0.3 is 14.7 Å². The summed E-state index contributed by atoms with van der Waals surface area (Å²) in [6, 6.07) is 13.3. The van der Waals surface area contributed by atoms with Crippen LogP contribution in [-0.4, -0.2) is 41.6 Å². The lowest BCUT2D eigenvalue weighted by Crippen LogP contribution is -2.34. The second kappa shape index (κ2) is 9.62. The van der Waals surface area contributed by atoms with Gasteiger partial charge in [0.1, 0.15) is 5.82 Å². The van der Waals surface area contributed by atoms with E-state index in [1.807, 2.05) is 19.0 Å². The van der Waals surface area contributed by atoms with Gasteiger partial charge in [0.05, 0.1) is 6.04 Å². The third-order valence-electron chi connectivity index (χ3n) is 4.51. The molecule has 1 N–H and O–H groups in total. The number of halogens is 2. The number of nitrogens with one attached hydrogen (secondary N) is 1. The Bertz CT molecular complexity index is 942. The standard InChI is InChI=1S/C21H22ClFN4O2/c1-27(2)18(14-5-9-17(23)10-6-14)13-24-19(28)11-12-20-25-21(26-29-20)15-3-7-16(22)8-4-15/h3-10,18H,11-13H2,1-2H3,(H,24,28). The number of rotatable bonds is 8. The molecule has 6 nitrogen and oxygen atoms in total. The Morgan fingerprint density at radius 1 is 1.17 bits per heavy atom. The molecule has 0 spiro atoms. The fraction of sp³-hybridized carbons (Fsp3) is 0.286. The minimum absolute atomic E-state index is 0.0561. The number of benzene rings is 2. The van der Waals surface area contributed by atoms with Crippen LogP contribution in [0.2, 0.25) is 5.02 Å². The molecule has 0 radical (unpaired) electrons. The van der Waals surface area contributed by atoms with Crippen LogP contribution in [0.25, 0.3) is 11.4 Å². The Balaban J connectivity index is 1.51. The van der Waals surface area contributed by atoms with E-state index in [-0.39, 0.29) is 24.2 Å². The van der Waals surface area contributed by atoms with E-state index < -0.39 is 0 Å². The Labute approximate surface area is 173 Å². The zero-order valence-corrected chi connectivity index (χ0v) is 17.0. The predicted octanol–water partition coefficient (Wildman–Crippen LogP) is 3.88. The third-order valence-corrected chi connectivity index (χ3v) is 4.76. The summed E-state index contributed by atoms with van der Waals surface area (Å²) in [5, 5.41) is 7.48. The van der Waals surface area contributed by atoms with Gasteiger partial charge in [0.15, 0.2) is 0 Å². The summed E-state index contributed by atoms with van der Waals surface area (Å²) in [7, 11) is 3.83. The molecule has 152 valence electrons. The summed E-state index contributed by atoms with van der Waals surface area (Å²) in [5.74, 6) is 0.451. The van der Waals surface area contributed by atoms with E-state index >= 15 is 0 Å². The Morgan fingerprint density at radius 2 is 1.86 bits per heavy atom. The molecule has 0 aliphatic heterocycles. The van der Waals surface area contributed by atoms with Gasteiger partial charge >= 0.3 is 0 Å². The molecule has 1 unspecified atom stereocenters. The van der Waals surface area contributed by atoms with Crippen LogP contribution in [-0.2, 0) is 11.2 Å². The molecule has 1 aromatic heterocycles. The van der Waals surface area contributed by atoms with Gasteiger partial charge in [0, 0.05) is 30.0 Å². The van der Waals surface area contributed by atoms with Crippen molar-refractivity contribution in [3.8, 4) is 11.4 Å². The molecule has 1 heterocycles. The van der Waals surface area contributed by atoms with Crippen molar-refractivity contribution in [2.75, 3.05) is 20.6 Å². The zero-order chi connectivity index (χ0) is 20.8. The number of aryl methyl sites for hydroxylation is 1. The van der Waals surface area contributed by atoms with E-state index in [0.29, 0.717) is 29.7 Å². The van der Waals surface area contributed by atoms with Crippen molar-refractivity contribution >= 4 is 17.5 Å². The van der Waals surface area contributed by atoms with Crippen molar-refractivity contribution < 1.29 is 13.7 Å². The molecular formula is C21H22ClFN4O2. The lowest BCUT2D eigenvalue weighted by Gasteiger charge is -2.25.